The maximum Gasteiger partial charge on any atom is -0.00519 e. The van der Waals surface area contributed by atoms with Crippen molar-refractivity contribution in [2.45, 2.75) is 110 Å². The van der Waals surface area contributed by atoms with Crippen LogP contribution in [-0.4, -0.2) is 13.6 Å². The van der Waals surface area contributed by atoms with E-state index in [1.807, 2.05) is 7.05 Å². The van der Waals surface area contributed by atoms with Gasteiger partial charge in [-0.15, -0.1) is 0 Å². The molecule has 0 saturated heterocycles. The van der Waals surface area contributed by atoms with Crippen LogP contribution in [0.4, 0.5) is 0 Å². The van der Waals surface area contributed by atoms with E-state index in [4.69, 9.17) is 0 Å². The topological polar surface area (TPSA) is 12.0 Å². The van der Waals surface area contributed by atoms with Crippen LogP contribution in [0.2, 0.25) is 0 Å². The molecular weight excluding hydrogens is 242 g/mol. The van der Waals surface area contributed by atoms with Gasteiger partial charge >= 0.3 is 0 Å². The van der Waals surface area contributed by atoms with Gasteiger partial charge in [-0.3, -0.25) is 0 Å². The minimum Gasteiger partial charge on any atom is -0.320 e. The van der Waals surface area contributed by atoms with Crippen molar-refractivity contribution in [1.29, 1.82) is 0 Å². The Balaban J connectivity index is 2.89. The number of rotatable bonds is 17. The third kappa shape index (κ3) is 18.0. The van der Waals surface area contributed by atoms with Crippen molar-refractivity contribution in [2.75, 3.05) is 13.6 Å². The van der Waals surface area contributed by atoms with Gasteiger partial charge in [0.05, 0.1) is 0 Å². The second-order valence-electron chi connectivity index (χ2n) is 6.41. The first-order chi connectivity index (χ1) is 9.91. The van der Waals surface area contributed by atoms with Crippen LogP contribution in [-0.2, 0) is 0 Å². The average Bonchev–Trinajstić information content (AvgIpc) is 2.47. The van der Waals surface area contributed by atoms with Crippen molar-refractivity contribution in [3.63, 3.8) is 0 Å². The summed E-state index contributed by atoms with van der Waals surface area (Å²) in [6.07, 6.45) is 23.2. The summed E-state index contributed by atoms with van der Waals surface area (Å²) in [5.74, 6) is 0. The Morgan fingerprint density at radius 1 is 0.450 bits per heavy atom. The highest BCUT2D eigenvalue weighted by Gasteiger charge is 1.94. The van der Waals surface area contributed by atoms with Gasteiger partial charge in [-0.1, -0.05) is 103 Å². The SMILES string of the molecule is CCCCCCCCCCCCCCCCCCNC. The van der Waals surface area contributed by atoms with Gasteiger partial charge in [0.15, 0.2) is 0 Å². The molecule has 0 radical (unpaired) electrons. The van der Waals surface area contributed by atoms with E-state index in [0.29, 0.717) is 0 Å². The first-order valence-corrected chi connectivity index (χ1v) is 9.56. The Hall–Kier alpha value is -0.0400. The summed E-state index contributed by atoms with van der Waals surface area (Å²) >= 11 is 0. The molecule has 122 valence electrons. The zero-order chi connectivity index (χ0) is 14.7. The first kappa shape index (κ1) is 20.0. The molecule has 0 aromatic carbocycles. The summed E-state index contributed by atoms with van der Waals surface area (Å²) in [5.41, 5.74) is 0. The lowest BCUT2D eigenvalue weighted by molar-refractivity contribution is 0.528. The van der Waals surface area contributed by atoms with Gasteiger partial charge in [0, 0.05) is 0 Å². The summed E-state index contributed by atoms with van der Waals surface area (Å²) in [4.78, 5) is 0. The van der Waals surface area contributed by atoms with Crippen LogP contribution in [0.3, 0.4) is 0 Å². The highest BCUT2D eigenvalue weighted by Crippen LogP contribution is 2.13. The highest BCUT2D eigenvalue weighted by atomic mass is 14.8. The fourth-order valence-corrected chi connectivity index (χ4v) is 2.85. The molecule has 1 N–H and O–H groups in total. The van der Waals surface area contributed by atoms with Crippen molar-refractivity contribution >= 4 is 0 Å². The molecule has 1 heteroatoms. The standard InChI is InChI=1S/C19H41N/c1-3-4-5-6-7-8-9-10-11-12-13-14-15-16-17-18-19-20-2/h20H,3-19H2,1-2H3. The Labute approximate surface area is 129 Å². The zero-order valence-corrected chi connectivity index (χ0v) is 14.5. The summed E-state index contributed by atoms with van der Waals surface area (Å²) < 4.78 is 0. The van der Waals surface area contributed by atoms with Gasteiger partial charge < -0.3 is 5.32 Å². The average molecular weight is 284 g/mol. The molecule has 0 unspecified atom stereocenters. The number of hydrogen-bond acceptors (Lipinski definition) is 1. The molecule has 0 aliphatic rings. The van der Waals surface area contributed by atoms with Crippen molar-refractivity contribution in [2.24, 2.45) is 0 Å². The molecule has 0 aromatic rings. The minimum absolute atomic E-state index is 1.19. The van der Waals surface area contributed by atoms with Gasteiger partial charge in [-0.05, 0) is 20.0 Å². The lowest BCUT2D eigenvalue weighted by atomic mass is 10.0. The Morgan fingerprint density at radius 3 is 1.05 bits per heavy atom. The van der Waals surface area contributed by atoms with Crippen LogP contribution in [0.5, 0.6) is 0 Å². The predicted molar refractivity (Wildman–Crippen MR) is 93.5 cm³/mol. The van der Waals surface area contributed by atoms with Crippen molar-refractivity contribution in [3.05, 3.63) is 0 Å². The lowest BCUT2D eigenvalue weighted by Crippen LogP contribution is -2.06. The second kappa shape index (κ2) is 19.0. The lowest BCUT2D eigenvalue weighted by Gasteiger charge is -2.03. The van der Waals surface area contributed by atoms with Gasteiger partial charge in [0.25, 0.3) is 0 Å². The molecule has 0 spiro atoms. The van der Waals surface area contributed by atoms with E-state index in [9.17, 15) is 0 Å². The van der Waals surface area contributed by atoms with E-state index in [1.54, 1.807) is 0 Å². The molecule has 0 aliphatic heterocycles. The normalized spacial score (nSPS) is 11.1. The monoisotopic (exact) mass is 283 g/mol. The van der Waals surface area contributed by atoms with Crippen LogP contribution < -0.4 is 5.32 Å². The fraction of sp³-hybridized carbons (Fsp3) is 1.00. The van der Waals surface area contributed by atoms with Crippen molar-refractivity contribution in [1.82, 2.24) is 5.32 Å². The van der Waals surface area contributed by atoms with Gasteiger partial charge in [0.1, 0.15) is 0 Å². The molecule has 0 atom stereocenters. The second-order valence-corrected chi connectivity index (χ2v) is 6.41. The molecule has 1 nitrogen and oxygen atoms in total. The van der Waals surface area contributed by atoms with Crippen molar-refractivity contribution in [3.8, 4) is 0 Å². The van der Waals surface area contributed by atoms with Crippen LogP contribution in [0.25, 0.3) is 0 Å². The van der Waals surface area contributed by atoms with Gasteiger partial charge in [0.2, 0.25) is 0 Å². The molecule has 0 fully saturated rings. The third-order valence-electron chi connectivity index (χ3n) is 4.28. The minimum atomic E-state index is 1.19. The van der Waals surface area contributed by atoms with Gasteiger partial charge in [-0.2, -0.15) is 0 Å². The van der Waals surface area contributed by atoms with Gasteiger partial charge in [-0.25, -0.2) is 0 Å². The third-order valence-corrected chi connectivity index (χ3v) is 4.28. The molecule has 0 aromatic heterocycles. The van der Waals surface area contributed by atoms with E-state index < -0.39 is 0 Å². The summed E-state index contributed by atoms with van der Waals surface area (Å²) in [6, 6.07) is 0. The van der Waals surface area contributed by atoms with Crippen LogP contribution in [0, 0.1) is 0 Å². The molecule has 0 heterocycles. The molecule has 0 saturated carbocycles. The Kier molecular flexibility index (Phi) is 18.9. The molecule has 0 rings (SSSR count). The maximum absolute atomic E-state index is 3.22. The Bertz CT molecular complexity index is 138. The van der Waals surface area contributed by atoms with E-state index >= 15 is 0 Å². The summed E-state index contributed by atoms with van der Waals surface area (Å²) in [6.45, 7) is 3.49. The number of unbranched alkanes of at least 4 members (excludes halogenated alkanes) is 15. The number of hydrogen-bond donors (Lipinski definition) is 1. The van der Waals surface area contributed by atoms with Crippen LogP contribution in [0.1, 0.15) is 110 Å². The number of nitrogens with one attached hydrogen (secondary N) is 1. The molecule has 20 heavy (non-hydrogen) atoms. The fourth-order valence-electron chi connectivity index (χ4n) is 2.85. The van der Waals surface area contributed by atoms with E-state index in [-0.39, 0.29) is 0 Å². The predicted octanol–water partition coefficient (Wildman–Crippen LogP) is 6.47. The van der Waals surface area contributed by atoms with E-state index in [0.717, 1.165) is 0 Å². The quantitative estimate of drug-likeness (QED) is 0.302. The molecular formula is C19H41N. The highest BCUT2D eigenvalue weighted by molar-refractivity contribution is 4.50. The maximum atomic E-state index is 3.22. The first-order valence-electron chi connectivity index (χ1n) is 9.56. The van der Waals surface area contributed by atoms with Crippen LogP contribution in [0.15, 0.2) is 0 Å². The van der Waals surface area contributed by atoms with Crippen LogP contribution >= 0.6 is 0 Å². The smallest absolute Gasteiger partial charge is 0.00519 e. The molecule has 0 aliphatic carbocycles. The van der Waals surface area contributed by atoms with Crippen molar-refractivity contribution < 1.29 is 0 Å². The largest absolute Gasteiger partial charge is 0.320 e. The molecule has 0 bridgehead atoms. The Morgan fingerprint density at radius 2 is 0.750 bits per heavy atom. The summed E-state index contributed by atoms with van der Waals surface area (Å²) in [5, 5.41) is 3.22. The van der Waals surface area contributed by atoms with E-state index in [1.165, 1.54) is 109 Å². The molecule has 0 amide bonds. The zero-order valence-electron chi connectivity index (χ0n) is 14.5. The van der Waals surface area contributed by atoms with E-state index in [2.05, 4.69) is 12.2 Å². The summed E-state index contributed by atoms with van der Waals surface area (Å²) in [7, 11) is 2.05.